The molecular formula is C13H16O2. The van der Waals surface area contributed by atoms with Crippen molar-refractivity contribution in [2.45, 2.75) is 32.3 Å². The molecule has 0 saturated heterocycles. The van der Waals surface area contributed by atoms with Gasteiger partial charge in [0.15, 0.2) is 0 Å². The van der Waals surface area contributed by atoms with Gasteiger partial charge in [0.1, 0.15) is 5.78 Å². The second-order valence-electron chi connectivity index (χ2n) is 5.27. The number of allylic oxidation sites excluding steroid dienone is 3. The van der Waals surface area contributed by atoms with E-state index < -0.39 is 6.10 Å². The van der Waals surface area contributed by atoms with Gasteiger partial charge in [-0.25, -0.2) is 0 Å². The highest BCUT2D eigenvalue weighted by Crippen LogP contribution is 2.55. The fourth-order valence-corrected chi connectivity index (χ4v) is 3.57. The molecule has 0 aromatic carbocycles. The van der Waals surface area contributed by atoms with E-state index in [4.69, 9.17) is 0 Å². The molecule has 0 aromatic rings. The molecule has 4 rings (SSSR count). The summed E-state index contributed by atoms with van der Waals surface area (Å²) in [6, 6.07) is 0. The normalized spacial score (nSPS) is 47.7. The molecule has 0 heterocycles. The molecule has 2 nitrogen and oxygen atoms in total. The largest absolute Gasteiger partial charge is 0.388 e. The van der Waals surface area contributed by atoms with Crippen molar-refractivity contribution in [1.82, 2.24) is 0 Å². The Balaban J connectivity index is 2.05. The molecule has 1 N–H and O–H groups in total. The quantitative estimate of drug-likeness (QED) is 0.611. The Morgan fingerprint density at radius 2 is 2.33 bits per heavy atom. The summed E-state index contributed by atoms with van der Waals surface area (Å²) in [4.78, 5) is 11.9. The Morgan fingerprint density at radius 3 is 2.93 bits per heavy atom. The third-order valence-electron chi connectivity index (χ3n) is 4.52. The minimum Gasteiger partial charge on any atom is -0.388 e. The Labute approximate surface area is 89.7 Å². The highest BCUT2D eigenvalue weighted by molar-refractivity contribution is 5.87. The number of Topliss-reactive ketones (excluding diaryl/α,β-unsaturated/α-hetero) is 1. The van der Waals surface area contributed by atoms with Gasteiger partial charge in [-0.1, -0.05) is 23.8 Å². The first-order chi connectivity index (χ1) is 7.13. The lowest BCUT2D eigenvalue weighted by Crippen LogP contribution is -2.50. The smallest absolute Gasteiger partial charge is 0.141 e. The Morgan fingerprint density at radius 1 is 1.53 bits per heavy atom. The summed E-state index contributed by atoms with van der Waals surface area (Å²) in [6.45, 7) is 2.12. The summed E-state index contributed by atoms with van der Waals surface area (Å²) >= 11 is 0. The van der Waals surface area contributed by atoms with Gasteiger partial charge in [-0.15, -0.1) is 0 Å². The van der Waals surface area contributed by atoms with E-state index in [1.165, 1.54) is 5.57 Å². The number of ketones is 1. The lowest BCUT2D eigenvalue weighted by Gasteiger charge is -2.49. The highest BCUT2D eigenvalue weighted by atomic mass is 16.3. The molecule has 1 spiro atoms. The lowest BCUT2D eigenvalue weighted by atomic mass is 9.55. The summed E-state index contributed by atoms with van der Waals surface area (Å²) in [5, 5.41) is 10.1. The van der Waals surface area contributed by atoms with Gasteiger partial charge in [-0.2, -0.15) is 0 Å². The molecular weight excluding hydrogens is 188 g/mol. The van der Waals surface area contributed by atoms with E-state index in [0.717, 1.165) is 12.8 Å². The van der Waals surface area contributed by atoms with Crippen molar-refractivity contribution < 1.29 is 9.90 Å². The number of carbonyl (C=O) groups is 1. The number of hydrogen-bond donors (Lipinski definition) is 1. The van der Waals surface area contributed by atoms with Gasteiger partial charge in [0, 0.05) is 17.8 Å². The van der Waals surface area contributed by atoms with Crippen molar-refractivity contribution in [3.8, 4) is 0 Å². The van der Waals surface area contributed by atoms with Gasteiger partial charge in [0.25, 0.3) is 0 Å². The van der Waals surface area contributed by atoms with E-state index in [-0.39, 0.29) is 11.3 Å². The summed E-state index contributed by atoms with van der Waals surface area (Å²) in [5.41, 5.74) is 1.17. The maximum absolute atomic E-state index is 11.9. The molecule has 4 aliphatic rings. The van der Waals surface area contributed by atoms with Crippen LogP contribution in [0, 0.1) is 17.3 Å². The molecule has 80 valence electrons. The van der Waals surface area contributed by atoms with Crippen molar-refractivity contribution >= 4 is 5.78 Å². The SMILES string of the molecule is CC1=C[C@@H]2C(=O)C[C@H]1C[C@@]21CC=C[C@@H]1O. The van der Waals surface area contributed by atoms with Gasteiger partial charge in [0.2, 0.25) is 0 Å². The second kappa shape index (κ2) is 2.82. The molecule has 0 radical (unpaired) electrons. The molecule has 0 aromatic heterocycles. The number of hydrogen-bond acceptors (Lipinski definition) is 2. The van der Waals surface area contributed by atoms with Crippen LogP contribution in [0.3, 0.4) is 0 Å². The van der Waals surface area contributed by atoms with Gasteiger partial charge < -0.3 is 5.11 Å². The molecule has 1 fully saturated rings. The molecule has 2 bridgehead atoms. The number of carbonyl (C=O) groups excluding carboxylic acids is 1. The Bertz CT molecular complexity index is 380. The van der Waals surface area contributed by atoms with Crippen LogP contribution in [0.1, 0.15) is 26.2 Å². The fourth-order valence-electron chi connectivity index (χ4n) is 3.57. The summed E-state index contributed by atoms with van der Waals surface area (Å²) in [7, 11) is 0. The van der Waals surface area contributed by atoms with Crippen LogP contribution in [0.4, 0.5) is 0 Å². The van der Waals surface area contributed by atoms with Crippen LogP contribution < -0.4 is 0 Å². The van der Waals surface area contributed by atoms with Crippen LogP contribution in [-0.2, 0) is 4.79 Å². The molecule has 15 heavy (non-hydrogen) atoms. The molecule has 0 unspecified atom stereocenters. The zero-order valence-electron chi connectivity index (χ0n) is 8.94. The van der Waals surface area contributed by atoms with Crippen LogP contribution in [0.2, 0.25) is 0 Å². The first kappa shape index (κ1) is 9.34. The standard InChI is InChI=1S/C13H16O2/c1-8-5-10-11(14)6-9(8)7-13(10)4-2-3-12(13)15/h2-3,5,9-10,12,15H,4,6-7H2,1H3/t9-,10+,12-,13-/m0/s1. The average molecular weight is 204 g/mol. The van der Waals surface area contributed by atoms with Crippen molar-refractivity contribution in [3.63, 3.8) is 0 Å². The Kier molecular flexibility index (Phi) is 1.76. The molecule has 0 aliphatic heterocycles. The predicted molar refractivity (Wildman–Crippen MR) is 57.2 cm³/mol. The number of rotatable bonds is 0. The van der Waals surface area contributed by atoms with E-state index in [9.17, 15) is 9.90 Å². The van der Waals surface area contributed by atoms with Gasteiger partial charge in [-0.05, 0) is 25.7 Å². The summed E-state index contributed by atoms with van der Waals surface area (Å²) in [5.74, 6) is 0.684. The first-order valence-electron chi connectivity index (χ1n) is 5.69. The maximum atomic E-state index is 11.9. The topological polar surface area (TPSA) is 37.3 Å². The zero-order valence-corrected chi connectivity index (χ0v) is 8.94. The predicted octanol–water partition coefficient (Wildman–Crippen LogP) is 1.85. The maximum Gasteiger partial charge on any atom is 0.141 e. The zero-order chi connectivity index (χ0) is 10.6. The fraction of sp³-hybridized carbons (Fsp3) is 0.615. The van der Waals surface area contributed by atoms with E-state index >= 15 is 0 Å². The van der Waals surface area contributed by atoms with Gasteiger partial charge in [0.05, 0.1) is 6.10 Å². The lowest BCUT2D eigenvalue weighted by molar-refractivity contribution is -0.135. The number of fused-ring (bicyclic) bond motifs is 1. The molecule has 4 atom stereocenters. The Hall–Kier alpha value is -0.890. The van der Waals surface area contributed by atoms with Gasteiger partial charge >= 0.3 is 0 Å². The van der Waals surface area contributed by atoms with Crippen LogP contribution >= 0.6 is 0 Å². The van der Waals surface area contributed by atoms with Crippen LogP contribution in [0.15, 0.2) is 23.8 Å². The monoisotopic (exact) mass is 204 g/mol. The summed E-state index contributed by atoms with van der Waals surface area (Å²) < 4.78 is 0. The molecule has 0 amide bonds. The van der Waals surface area contributed by atoms with E-state index in [1.807, 2.05) is 12.2 Å². The van der Waals surface area contributed by atoms with Crippen molar-refractivity contribution in [2.24, 2.45) is 17.3 Å². The number of aliphatic hydroxyl groups excluding tert-OH is 1. The minimum absolute atomic E-state index is 0.0347. The third-order valence-corrected chi connectivity index (χ3v) is 4.52. The van der Waals surface area contributed by atoms with Gasteiger partial charge in [-0.3, -0.25) is 4.79 Å². The highest BCUT2D eigenvalue weighted by Gasteiger charge is 2.54. The number of aliphatic hydroxyl groups is 1. The van der Waals surface area contributed by atoms with Crippen LogP contribution in [0.5, 0.6) is 0 Å². The van der Waals surface area contributed by atoms with E-state index in [0.29, 0.717) is 18.1 Å². The van der Waals surface area contributed by atoms with Crippen LogP contribution in [0.25, 0.3) is 0 Å². The first-order valence-corrected chi connectivity index (χ1v) is 5.69. The van der Waals surface area contributed by atoms with Crippen molar-refractivity contribution in [1.29, 1.82) is 0 Å². The second-order valence-corrected chi connectivity index (χ2v) is 5.27. The van der Waals surface area contributed by atoms with Crippen molar-refractivity contribution in [2.75, 3.05) is 0 Å². The van der Waals surface area contributed by atoms with E-state index in [2.05, 4.69) is 13.0 Å². The third kappa shape index (κ3) is 1.06. The average Bonchev–Trinajstić information content (AvgIpc) is 2.53. The molecule has 2 heteroatoms. The van der Waals surface area contributed by atoms with E-state index in [1.54, 1.807) is 0 Å². The minimum atomic E-state index is -0.418. The summed E-state index contributed by atoms with van der Waals surface area (Å²) in [6.07, 6.45) is 8.13. The van der Waals surface area contributed by atoms with Crippen molar-refractivity contribution in [3.05, 3.63) is 23.8 Å². The van der Waals surface area contributed by atoms with Crippen LogP contribution in [-0.4, -0.2) is 17.0 Å². The molecule has 4 aliphatic carbocycles. The molecule has 1 saturated carbocycles.